The summed E-state index contributed by atoms with van der Waals surface area (Å²) in [4.78, 5) is 41.2. The fourth-order valence-corrected chi connectivity index (χ4v) is 5.97. The molecule has 224 valence electrons. The fraction of sp³-hybridized carbons (Fsp3) is 0.375. The van der Waals surface area contributed by atoms with E-state index in [0.717, 1.165) is 54.2 Å². The van der Waals surface area contributed by atoms with Crippen LogP contribution in [-0.4, -0.2) is 89.3 Å². The van der Waals surface area contributed by atoms with Gasteiger partial charge in [0.25, 0.3) is 5.91 Å². The largest absolute Gasteiger partial charge is 0.465 e. The number of halogens is 1. The number of piperazine rings is 1. The Labute approximate surface area is 255 Å². The lowest BCUT2D eigenvalue weighted by Gasteiger charge is -2.35. The molecule has 0 radical (unpaired) electrons. The first-order chi connectivity index (χ1) is 20.8. The van der Waals surface area contributed by atoms with Gasteiger partial charge in [0.05, 0.1) is 53.6 Å². The van der Waals surface area contributed by atoms with E-state index in [4.69, 9.17) is 26.1 Å². The maximum Gasteiger partial charge on any atom is 0.337 e. The average Bonchev–Trinajstić information content (AvgIpc) is 3.34. The molecule has 2 aromatic heterocycles. The van der Waals surface area contributed by atoms with Crippen molar-refractivity contribution in [2.45, 2.75) is 32.5 Å². The van der Waals surface area contributed by atoms with Gasteiger partial charge in [-0.15, -0.1) is 0 Å². The summed E-state index contributed by atoms with van der Waals surface area (Å²) in [7, 11) is 3.28. The van der Waals surface area contributed by atoms with E-state index in [1.165, 1.54) is 7.11 Å². The van der Waals surface area contributed by atoms with E-state index in [1.54, 1.807) is 18.3 Å². The molecule has 11 heteroatoms. The van der Waals surface area contributed by atoms with E-state index >= 15 is 0 Å². The Balaban J connectivity index is 1.14. The van der Waals surface area contributed by atoms with Crippen LogP contribution in [0.25, 0.3) is 11.0 Å². The van der Waals surface area contributed by atoms with Gasteiger partial charge >= 0.3 is 5.97 Å². The number of hydrogen-bond acceptors (Lipinski definition) is 8. The molecule has 2 aromatic carbocycles. The number of aryl methyl sites for hydroxylation is 1. The molecule has 2 fully saturated rings. The molecule has 4 heterocycles. The Bertz CT molecular complexity index is 1660. The summed E-state index contributed by atoms with van der Waals surface area (Å²) in [5.74, 6) is 1.18. The number of aromatic nitrogens is 3. The predicted molar refractivity (Wildman–Crippen MR) is 165 cm³/mol. The highest BCUT2D eigenvalue weighted by Crippen LogP contribution is 2.31. The van der Waals surface area contributed by atoms with E-state index in [1.807, 2.05) is 60.2 Å². The van der Waals surface area contributed by atoms with Crippen LogP contribution in [0, 0.1) is 6.92 Å². The van der Waals surface area contributed by atoms with Crippen molar-refractivity contribution < 1.29 is 19.1 Å². The van der Waals surface area contributed by atoms with Crippen LogP contribution in [0.5, 0.6) is 0 Å². The second-order valence-electron chi connectivity index (χ2n) is 11.1. The Hall–Kier alpha value is -3.99. The van der Waals surface area contributed by atoms with Crippen molar-refractivity contribution in [3.05, 3.63) is 82.3 Å². The Morgan fingerprint density at radius 3 is 2.56 bits per heavy atom. The maximum atomic E-state index is 13.5. The highest BCUT2D eigenvalue weighted by atomic mass is 35.5. The van der Waals surface area contributed by atoms with Gasteiger partial charge < -0.3 is 23.8 Å². The van der Waals surface area contributed by atoms with Gasteiger partial charge in [-0.05, 0) is 61.4 Å². The predicted octanol–water partition coefficient (Wildman–Crippen LogP) is 4.69. The number of rotatable bonds is 8. The summed E-state index contributed by atoms with van der Waals surface area (Å²) < 4.78 is 12.8. The Kier molecular flexibility index (Phi) is 8.34. The molecule has 0 saturated carbocycles. The second kappa shape index (κ2) is 12.3. The van der Waals surface area contributed by atoms with E-state index < -0.39 is 0 Å². The molecule has 0 N–H and O–H groups in total. The number of nitrogens with zero attached hydrogens (tertiary/aromatic N) is 6. The van der Waals surface area contributed by atoms with Crippen molar-refractivity contribution in [2.75, 3.05) is 51.8 Å². The first-order valence-corrected chi connectivity index (χ1v) is 14.8. The molecular weight excluding hydrogens is 568 g/mol. The lowest BCUT2D eigenvalue weighted by atomic mass is 10.1. The van der Waals surface area contributed by atoms with E-state index in [9.17, 15) is 9.59 Å². The molecule has 2 saturated heterocycles. The molecule has 1 atom stereocenters. The molecule has 10 nitrogen and oxygen atoms in total. The molecule has 2 aliphatic heterocycles. The van der Waals surface area contributed by atoms with Gasteiger partial charge in [0.2, 0.25) is 0 Å². The number of esters is 1. The minimum Gasteiger partial charge on any atom is -0.465 e. The average molecular weight is 603 g/mol. The van der Waals surface area contributed by atoms with Gasteiger partial charge in [-0.3, -0.25) is 9.69 Å². The highest BCUT2D eigenvalue weighted by Gasteiger charge is 2.26. The second-order valence-corrected chi connectivity index (χ2v) is 11.5. The zero-order valence-corrected chi connectivity index (χ0v) is 25.4. The summed E-state index contributed by atoms with van der Waals surface area (Å²) in [6.45, 7) is 6.74. The first-order valence-electron chi connectivity index (χ1n) is 14.5. The molecule has 0 spiro atoms. The fourth-order valence-electron chi connectivity index (χ4n) is 5.61. The smallest absolute Gasteiger partial charge is 0.337 e. The third-order valence-electron chi connectivity index (χ3n) is 8.25. The number of imidazole rings is 1. The van der Waals surface area contributed by atoms with Gasteiger partial charge in [0.1, 0.15) is 11.6 Å². The molecular formula is C32H35ClN6O4. The van der Waals surface area contributed by atoms with Crippen LogP contribution in [0.3, 0.4) is 0 Å². The number of fused-ring (bicyclic) bond motifs is 1. The number of benzene rings is 2. The molecule has 2 aliphatic rings. The molecule has 0 bridgehead atoms. The quantitative estimate of drug-likeness (QED) is 0.268. The minimum atomic E-state index is -0.371. The van der Waals surface area contributed by atoms with Crippen molar-refractivity contribution in [3.63, 3.8) is 0 Å². The van der Waals surface area contributed by atoms with Crippen molar-refractivity contribution in [1.82, 2.24) is 24.3 Å². The zero-order chi connectivity index (χ0) is 30.1. The van der Waals surface area contributed by atoms with Crippen LogP contribution >= 0.6 is 11.6 Å². The molecule has 1 amide bonds. The number of ether oxygens (including phenoxy) is 2. The van der Waals surface area contributed by atoms with Crippen LogP contribution in [-0.2, 0) is 22.6 Å². The molecule has 0 aliphatic carbocycles. The summed E-state index contributed by atoms with van der Waals surface area (Å²) in [6.07, 6.45) is 2.80. The topological polar surface area (TPSA) is 93.0 Å². The standard InChI is InChI=1S/C32H35ClN6O4/c1-21-4-7-27(25(33)16-21)36(2)29-18-22(8-10-34-29)31(40)38-13-11-37(12-14-38)20-30-35-26-6-5-23(32(41)42-3)17-28(26)39(30)19-24-9-15-43-24/h4-8,10,16-18,24H,9,11-15,19-20H2,1-3H3. The third kappa shape index (κ3) is 6.08. The van der Waals surface area contributed by atoms with Crippen molar-refractivity contribution >= 4 is 46.0 Å². The lowest BCUT2D eigenvalue weighted by molar-refractivity contribution is -0.0592. The SMILES string of the molecule is COC(=O)c1ccc2nc(CN3CCN(C(=O)c4ccnc(N(C)c5ccc(C)cc5Cl)c4)CC3)n(CC3CCO3)c2c1. The van der Waals surface area contributed by atoms with Gasteiger partial charge in [-0.2, -0.15) is 0 Å². The number of carbonyl (C=O) groups is 2. The monoisotopic (exact) mass is 602 g/mol. The summed E-state index contributed by atoms with van der Waals surface area (Å²) in [5, 5.41) is 0.634. The third-order valence-corrected chi connectivity index (χ3v) is 8.56. The van der Waals surface area contributed by atoms with Gasteiger partial charge in [0, 0.05) is 51.6 Å². The first kappa shape index (κ1) is 29.1. The number of carbonyl (C=O) groups excluding carboxylic acids is 2. The van der Waals surface area contributed by atoms with E-state index in [0.29, 0.717) is 48.1 Å². The molecule has 6 rings (SSSR count). The zero-order valence-electron chi connectivity index (χ0n) is 24.6. The molecule has 4 aromatic rings. The molecule has 1 unspecified atom stereocenters. The number of hydrogen-bond donors (Lipinski definition) is 0. The summed E-state index contributed by atoms with van der Waals surface area (Å²) in [6, 6.07) is 14.9. The van der Waals surface area contributed by atoms with Gasteiger partial charge in [-0.1, -0.05) is 17.7 Å². The number of anilines is 2. The number of pyridine rings is 1. The Morgan fingerprint density at radius 2 is 1.86 bits per heavy atom. The number of amides is 1. The normalized spacial score (nSPS) is 17.1. The van der Waals surface area contributed by atoms with Crippen molar-refractivity contribution in [3.8, 4) is 0 Å². The van der Waals surface area contributed by atoms with Crippen molar-refractivity contribution in [2.24, 2.45) is 0 Å². The van der Waals surface area contributed by atoms with Crippen LogP contribution in [0.1, 0.15) is 38.5 Å². The molecule has 43 heavy (non-hydrogen) atoms. The highest BCUT2D eigenvalue weighted by molar-refractivity contribution is 6.33. The summed E-state index contributed by atoms with van der Waals surface area (Å²) >= 11 is 6.48. The van der Waals surface area contributed by atoms with Crippen LogP contribution < -0.4 is 4.90 Å². The van der Waals surface area contributed by atoms with Gasteiger partial charge in [0.15, 0.2) is 0 Å². The number of methoxy groups -OCH3 is 1. The van der Waals surface area contributed by atoms with Crippen LogP contribution in [0.15, 0.2) is 54.7 Å². The minimum absolute atomic E-state index is 0.0172. The Morgan fingerprint density at radius 1 is 1.07 bits per heavy atom. The lowest BCUT2D eigenvalue weighted by Crippen LogP contribution is -2.48. The van der Waals surface area contributed by atoms with Crippen LogP contribution in [0.4, 0.5) is 11.5 Å². The van der Waals surface area contributed by atoms with Gasteiger partial charge in [-0.25, -0.2) is 14.8 Å². The van der Waals surface area contributed by atoms with Crippen LogP contribution in [0.2, 0.25) is 5.02 Å². The van der Waals surface area contributed by atoms with E-state index in [2.05, 4.69) is 14.5 Å². The van der Waals surface area contributed by atoms with Crippen molar-refractivity contribution in [1.29, 1.82) is 0 Å². The maximum absolute atomic E-state index is 13.5. The summed E-state index contributed by atoms with van der Waals surface area (Å²) in [5.41, 5.74) is 4.73. The van der Waals surface area contributed by atoms with E-state index in [-0.39, 0.29) is 18.0 Å².